The average Bonchev–Trinajstić information content (AvgIpc) is 3.46. The van der Waals surface area contributed by atoms with Crippen LogP contribution in [0.5, 0.6) is 0 Å². The van der Waals surface area contributed by atoms with Crippen molar-refractivity contribution < 1.29 is 0 Å². The van der Waals surface area contributed by atoms with Crippen molar-refractivity contribution >= 4 is 33.9 Å². The van der Waals surface area contributed by atoms with Gasteiger partial charge >= 0.3 is 0 Å². The molecule has 1 saturated heterocycles. The van der Waals surface area contributed by atoms with Crippen LogP contribution in [0.2, 0.25) is 0 Å². The van der Waals surface area contributed by atoms with Gasteiger partial charge in [0, 0.05) is 67.1 Å². The molecule has 0 saturated carbocycles. The summed E-state index contributed by atoms with van der Waals surface area (Å²) >= 11 is 0. The zero-order valence-electron chi connectivity index (χ0n) is 17.9. The lowest BCUT2D eigenvalue weighted by atomic mass is 10.1. The molecule has 0 spiro atoms. The van der Waals surface area contributed by atoms with Crippen LogP contribution in [0, 0.1) is 0 Å². The SMILES string of the molecule is CN1CCN(c2cccc(Nc3ccc4c(-c5ccc6nccn6n5)c[nH]c4n3)c2)CC1. The maximum absolute atomic E-state index is 4.79. The van der Waals surface area contributed by atoms with Gasteiger partial charge in [-0.3, -0.25) is 0 Å². The Morgan fingerprint density at radius 3 is 2.81 bits per heavy atom. The van der Waals surface area contributed by atoms with Gasteiger partial charge in [-0.15, -0.1) is 0 Å². The third kappa shape index (κ3) is 3.44. The monoisotopic (exact) mass is 424 g/mol. The van der Waals surface area contributed by atoms with Gasteiger partial charge in [-0.2, -0.15) is 5.10 Å². The van der Waals surface area contributed by atoms with E-state index in [1.54, 1.807) is 10.7 Å². The molecule has 1 fully saturated rings. The second kappa shape index (κ2) is 7.65. The molecule has 1 aliphatic rings. The number of hydrogen-bond donors (Lipinski definition) is 2. The number of anilines is 3. The number of aromatic amines is 1. The lowest BCUT2D eigenvalue weighted by molar-refractivity contribution is 0.313. The van der Waals surface area contributed by atoms with Crippen LogP contribution in [0.25, 0.3) is 27.9 Å². The third-order valence-corrected chi connectivity index (χ3v) is 6.06. The van der Waals surface area contributed by atoms with Gasteiger partial charge in [-0.25, -0.2) is 14.5 Å². The van der Waals surface area contributed by atoms with Crippen molar-refractivity contribution in [2.24, 2.45) is 0 Å². The number of aromatic nitrogens is 5. The summed E-state index contributed by atoms with van der Waals surface area (Å²) in [4.78, 5) is 17.1. The van der Waals surface area contributed by atoms with Gasteiger partial charge in [0.15, 0.2) is 5.65 Å². The van der Waals surface area contributed by atoms with Crippen LogP contribution < -0.4 is 10.2 Å². The number of nitrogens with zero attached hydrogens (tertiary/aromatic N) is 6. The van der Waals surface area contributed by atoms with E-state index in [9.17, 15) is 0 Å². The van der Waals surface area contributed by atoms with Crippen LogP contribution in [0.15, 0.2) is 67.1 Å². The lowest BCUT2D eigenvalue weighted by Crippen LogP contribution is -2.44. The minimum atomic E-state index is 0.805. The minimum absolute atomic E-state index is 0.805. The fourth-order valence-electron chi connectivity index (χ4n) is 4.24. The molecule has 0 amide bonds. The Hall–Kier alpha value is -3.91. The molecule has 0 unspecified atom stereocenters. The maximum Gasteiger partial charge on any atom is 0.153 e. The van der Waals surface area contributed by atoms with Gasteiger partial charge in [-0.1, -0.05) is 6.07 Å². The van der Waals surface area contributed by atoms with E-state index in [4.69, 9.17) is 4.98 Å². The fraction of sp³-hybridized carbons (Fsp3) is 0.208. The van der Waals surface area contributed by atoms with Crippen LogP contribution in [0.1, 0.15) is 0 Å². The molecule has 0 bridgehead atoms. The first-order valence-electron chi connectivity index (χ1n) is 10.8. The highest BCUT2D eigenvalue weighted by molar-refractivity contribution is 5.93. The molecule has 6 rings (SSSR count). The molecule has 32 heavy (non-hydrogen) atoms. The van der Waals surface area contributed by atoms with Crippen LogP contribution in [-0.4, -0.2) is 62.7 Å². The molecular weight excluding hydrogens is 400 g/mol. The Morgan fingerprint density at radius 2 is 1.91 bits per heavy atom. The number of H-pyrrole nitrogens is 1. The van der Waals surface area contributed by atoms with Crippen molar-refractivity contribution in [2.45, 2.75) is 0 Å². The number of hydrogen-bond acceptors (Lipinski definition) is 6. The smallest absolute Gasteiger partial charge is 0.153 e. The van der Waals surface area contributed by atoms with Crippen molar-refractivity contribution in [1.29, 1.82) is 0 Å². The summed E-state index contributed by atoms with van der Waals surface area (Å²) in [7, 11) is 2.18. The molecule has 1 aromatic carbocycles. The summed E-state index contributed by atoms with van der Waals surface area (Å²) in [5, 5.41) is 9.15. The second-order valence-corrected chi connectivity index (χ2v) is 8.21. The third-order valence-electron chi connectivity index (χ3n) is 6.06. The van der Waals surface area contributed by atoms with E-state index in [2.05, 4.69) is 67.6 Å². The Labute approximate surface area is 185 Å². The van der Waals surface area contributed by atoms with Crippen molar-refractivity contribution in [3.05, 3.63) is 67.1 Å². The number of pyridine rings is 1. The first-order valence-corrected chi connectivity index (χ1v) is 10.8. The van der Waals surface area contributed by atoms with Crippen molar-refractivity contribution in [3.8, 4) is 11.3 Å². The molecule has 8 heteroatoms. The molecule has 0 radical (unpaired) electrons. The number of likely N-dealkylation sites (N-methyl/N-ethyl adjacent to an activating group) is 1. The number of rotatable bonds is 4. The summed E-state index contributed by atoms with van der Waals surface area (Å²) in [6.45, 7) is 4.28. The Morgan fingerprint density at radius 1 is 1.00 bits per heavy atom. The largest absolute Gasteiger partial charge is 0.369 e. The van der Waals surface area contributed by atoms with E-state index in [0.717, 1.165) is 65.6 Å². The molecular formula is C24H24N8. The Bertz CT molecular complexity index is 1390. The molecule has 5 aromatic rings. The molecule has 0 atom stereocenters. The number of benzene rings is 1. The van der Waals surface area contributed by atoms with E-state index in [1.165, 1.54) is 5.69 Å². The minimum Gasteiger partial charge on any atom is -0.369 e. The van der Waals surface area contributed by atoms with Gasteiger partial charge in [0.25, 0.3) is 0 Å². The highest BCUT2D eigenvalue weighted by atomic mass is 15.3. The van der Waals surface area contributed by atoms with Crippen LogP contribution in [0.3, 0.4) is 0 Å². The first kappa shape index (κ1) is 18.8. The predicted molar refractivity (Wildman–Crippen MR) is 128 cm³/mol. The van der Waals surface area contributed by atoms with Crippen molar-refractivity contribution in [1.82, 2.24) is 29.5 Å². The first-order chi connectivity index (χ1) is 15.7. The van der Waals surface area contributed by atoms with Gasteiger partial charge in [0.2, 0.25) is 0 Å². The number of piperazine rings is 1. The Balaban J connectivity index is 1.26. The van der Waals surface area contributed by atoms with Gasteiger partial charge in [-0.05, 0) is 49.5 Å². The summed E-state index contributed by atoms with van der Waals surface area (Å²) in [6, 6.07) is 16.6. The molecule has 5 heterocycles. The Kier molecular flexibility index (Phi) is 4.50. The number of fused-ring (bicyclic) bond motifs is 2. The van der Waals surface area contributed by atoms with Gasteiger partial charge in [0.1, 0.15) is 11.5 Å². The summed E-state index contributed by atoms with van der Waals surface area (Å²) in [6.07, 6.45) is 5.56. The molecule has 8 nitrogen and oxygen atoms in total. The maximum atomic E-state index is 4.79. The quantitative estimate of drug-likeness (QED) is 0.457. The van der Waals surface area contributed by atoms with Gasteiger partial charge < -0.3 is 20.1 Å². The fourth-order valence-corrected chi connectivity index (χ4v) is 4.24. The van der Waals surface area contributed by atoms with E-state index in [1.807, 2.05) is 30.6 Å². The summed E-state index contributed by atoms with van der Waals surface area (Å²) in [5.74, 6) is 0.805. The zero-order chi connectivity index (χ0) is 21.5. The number of imidazole rings is 1. The molecule has 1 aliphatic heterocycles. The molecule has 2 N–H and O–H groups in total. The zero-order valence-corrected chi connectivity index (χ0v) is 17.9. The topological polar surface area (TPSA) is 77.4 Å². The van der Waals surface area contributed by atoms with E-state index in [-0.39, 0.29) is 0 Å². The summed E-state index contributed by atoms with van der Waals surface area (Å²) < 4.78 is 1.78. The van der Waals surface area contributed by atoms with Crippen molar-refractivity contribution in [3.63, 3.8) is 0 Å². The standard InChI is InChI=1S/C24H24N8/c1-30-11-13-31(14-12-30)18-4-2-3-17(15-18)27-22-7-5-19-20(16-26-24(19)28-22)21-6-8-23-25-9-10-32(23)29-21/h2-10,15-16H,11-14H2,1H3,(H2,26,27,28). The highest BCUT2D eigenvalue weighted by Crippen LogP contribution is 2.29. The van der Waals surface area contributed by atoms with Crippen LogP contribution in [0.4, 0.5) is 17.2 Å². The summed E-state index contributed by atoms with van der Waals surface area (Å²) in [5.41, 5.74) is 5.83. The predicted octanol–water partition coefficient (Wildman–Crippen LogP) is 3.77. The normalized spacial score (nSPS) is 15.0. The van der Waals surface area contributed by atoms with E-state index < -0.39 is 0 Å². The molecule has 160 valence electrons. The van der Waals surface area contributed by atoms with E-state index >= 15 is 0 Å². The molecule has 0 aliphatic carbocycles. The number of nitrogens with one attached hydrogen (secondary N) is 2. The lowest BCUT2D eigenvalue weighted by Gasteiger charge is -2.34. The van der Waals surface area contributed by atoms with E-state index in [0.29, 0.717) is 0 Å². The van der Waals surface area contributed by atoms with Crippen LogP contribution >= 0.6 is 0 Å². The van der Waals surface area contributed by atoms with Crippen molar-refractivity contribution in [2.75, 3.05) is 43.4 Å². The average molecular weight is 425 g/mol. The molecule has 4 aromatic heterocycles. The van der Waals surface area contributed by atoms with Gasteiger partial charge in [0.05, 0.1) is 5.69 Å². The second-order valence-electron chi connectivity index (χ2n) is 8.21. The van der Waals surface area contributed by atoms with Crippen LogP contribution in [-0.2, 0) is 0 Å². The highest BCUT2D eigenvalue weighted by Gasteiger charge is 2.15.